The first kappa shape index (κ1) is 25.1. The standard InChI is InChI=1S/C27H34FN5O4/c1-15-8-7-9-18(28)23(15)17-10-21-20(33-16(2)24(34)31-30-22(33)12-36-21)11-19(17)29-27(6)13-32(14-27)25(35)37-26(3,4)5/h7-11,15-16,23,29H,12-14H2,1-6H3,(H,31,34). The predicted molar refractivity (Wildman–Crippen MR) is 140 cm³/mol. The lowest BCUT2D eigenvalue weighted by molar-refractivity contribution is -0.122. The van der Waals surface area contributed by atoms with Crippen LogP contribution in [0.2, 0.25) is 0 Å². The van der Waals surface area contributed by atoms with E-state index in [2.05, 4.69) is 15.8 Å². The molecular weight excluding hydrogens is 477 g/mol. The van der Waals surface area contributed by atoms with E-state index in [4.69, 9.17) is 9.47 Å². The molecule has 0 bridgehead atoms. The molecule has 9 nitrogen and oxygen atoms in total. The Morgan fingerprint density at radius 1 is 1.30 bits per heavy atom. The van der Waals surface area contributed by atoms with Gasteiger partial charge in [-0.25, -0.2) is 14.6 Å². The van der Waals surface area contributed by atoms with Crippen LogP contribution in [0.4, 0.5) is 20.6 Å². The van der Waals surface area contributed by atoms with Crippen molar-refractivity contribution in [2.24, 2.45) is 11.0 Å². The second-order valence-corrected chi connectivity index (χ2v) is 11.5. The molecule has 3 heterocycles. The average Bonchev–Trinajstić information content (AvgIpc) is 2.78. The first-order valence-corrected chi connectivity index (χ1v) is 12.6. The van der Waals surface area contributed by atoms with E-state index >= 15 is 4.39 Å². The van der Waals surface area contributed by atoms with Crippen molar-refractivity contribution in [2.75, 3.05) is 29.9 Å². The molecule has 2 amide bonds. The summed E-state index contributed by atoms with van der Waals surface area (Å²) in [6.07, 6.45) is 4.85. The number of carbonyl (C=O) groups is 2. The summed E-state index contributed by atoms with van der Waals surface area (Å²) in [5.41, 5.74) is 3.68. The summed E-state index contributed by atoms with van der Waals surface area (Å²) < 4.78 is 26.7. The van der Waals surface area contributed by atoms with Gasteiger partial charge in [0, 0.05) is 24.7 Å². The highest BCUT2D eigenvalue weighted by Crippen LogP contribution is 2.47. The van der Waals surface area contributed by atoms with Crippen molar-refractivity contribution < 1.29 is 23.5 Å². The van der Waals surface area contributed by atoms with Crippen LogP contribution >= 0.6 is 0 Å². The summed E-state index contributed by atoms with van der Waals surface area (Å²) in [7, 11) is 0. The van der Waals surface area contributed by atoms with E-state index in [0.29, 0.717) is 30.4 Å². The van der Waals surface area contributed by atoms with Crippen LogP contribution in [0.1, 0.15) is 53.0 Å². The van der Waals surface area contributed by atoms with E-state index in [1.54, 1.807) is 11.0 Å². The summed E-state index contributed by atoms with van der Waals surface area (Å²) in [5, 5.41) is 7.76. The molecule has 2 N–H and O–H groups in total. The van der Waals surface area contributed by atoms with Crippen LogP contribution in [-0.2, 0) is 9.53 Å². The number of hydrazone groups is 1. The first-order chi connectivity index (χ1) is 17.3. The summed E-state index contributed by atoms with van der Waals surface area (Å²) >= 11 is 0. The van der Waals surface area contributed by atoms with Gasteiger partial charge in [0.25, 0.3) is 5.91 Å². The second-order valence-electron chi connectivity index (χ2n) is 11.5. The van der Waals surface area contributed by atoms with Crippen LogP contribution < -0.4 is 20.4 Å². The van der Waals surface area contributed by atoms with Crippen LogP contribution in [0, 0.1) is 5.92 Å². The van der Waals surface area contributed by atoms with Crippen LogP contribution in [0.15, 0.2) is 41.3 Å². The molecular formula is C27H34FN5O4. The molecule has 5 rings (SSSR count). The third-order valence-corrected chi connectivity index (χ3v) is 7.08. The van der Waals surface area contributed by atoms with Gasteiger partial charge in [0.1, 0.15) is 29.8 Å². The third kappa shape index (κ3) is 4.65. The van der Waals surface area contributed by atoms with Crippen molar-refractivity contribution in [1.82, 2.24) is 10.3 Å². The molecule has 1 aromatic carbocycles. The maximum Gasteiger partial charge on any atom is 0.410 e. The highest BCUT2D eigenvalue weighted by molar-refractivity contribution is 6.09. The van der Waals surface area contributed by atoms with Crippen LogP contribution in [-0.4, -0.2) is 59.6 Å². The van der Waals surface area contributed by atoms with Gasteiger partial charge in [-0.05, 0) is 64.3 Å². The van der Waals surface area contributed by atoms with Gasteiger partial charge in [-0.15, -0.1) is 0 Å². The molecule has 0 aromatic heterocycles. The van der Waals surface area contributed by atoms with E-state index in [-0.39, 0.29) is 30.4 Å². The lowest BCUT2D eigenvalue weighted by Crippen LogP contribution is -2.66. The van der Waals surface area contributed by atoms with Crippen molar-refractivity contribution >= 4 is 29.2 Å². The fourth-order valence-electron chi connectivity index (χ4n) is 5.33. The van der Waals surface area contributed by atoms with Gasteiger partial charge in [-0.1, -0.05) is 19.1 Å². The van der Waals surface area contributed by atoms with Crippen molar-refractivity contribution in [3.05, 3.63) is 41.8 Å². The maximum atomic E-state index is 15.2. The molecule has 10 heteroatoms. The minimum absolute atomic E-state index is 0.0727. The number of benzene rings is 1. The Hall–Kier alpha value is -3.56. The molecule has 0 spiro atoms. The molecule has 3 atom stereocenters. The highest BCUT2D eigenvalue weighted by atomic mass is 19.1. The van der Waals surface area contributed by atoms with Gasteiger partial charge < -0.3 is 24.6 Å². The van der Waals surface area contributed by atoms with Crippen molar-refractivity contribution in [3.63, 3.8) is 0 Å². The number of hydrogen-bond acceptors (Lipinski definition) is 7. The summed E-state index contributed by atoms with van der Waals surface area (Å²) in [5.74, 6) is 0.166. The van der Waals surface area contributed by atoms with Gasteiger partial charge in [-0.3, -0.25) is 4.79 Å². The molecule has 1 aliphatic carbocycles. The molecule has 1 saturated heterocycles. The number of nitrogens with zero attached hydrogens (tertiary/aromatic N) is 3. The quantitative estimate of drug-likeness (QED) is 0.629. The molecule has 3 unspecified atom stereocenters. The number of likely N-dealkylation sites (tertiary alicyclic amines) is 1. The molecule has 3 aliphatic heterocycles. The highest BCUT2D eigenvalue weighted by Gasteiger charge is 2.44. The maximum absolute atomic E-state index is 15.2. The van der Waals surface area contributed by atoms with Gasteiger partial charge in [0.05, 0.1) is 11.2 Å². The van der Waals surface area contributed by atoms with E-state index in [0.717, 1.165) is 11.3 Å². The predicted octanol–water partition coefficient (Wildman–Crippen LogP) is 4.28. The Morgan fingerprint density at radius 2 is 2.03 bits per heavy atom. The van der Waals surface area contributed by atoms with E-state index < -0.39 is 23.1 Å². The lowest BCUT2D eigenvalue weighted by atomic mass is 9.81. The van der Waals surface area contributed by atoms with Crippen LogP contribution in [0.3, 0.4) is 0 Å². The molecule has 0 radical (unpaired) electrons. The Balaban J connectivity index is 1.50. The van der Waals surface area contributed by atoms with Crippen molar-refractivity contribution in [2.45, 2.75) is 64.6 Å². The number of rotatable bonds is 3. The molecule has 37 heavy (non-hydrogen) atoms. The summed E-state index contributed by atoms with van der Waals surface area (Å²) in [4.78, 5) is 28.4. The van der Waals surface area contributed by atoms with E-state index in [9.17, 15) is 9.59 Å². The number of halogens is 1. The minimum Gasteiger partial charge on any atom is -0.483 e. The second kappa shape index (κ2) is 8.78. The number of fused-ring (bicyclic) bond motifs is 3. The smallest absolute Gasteiger partial charge is 0.410 e. The summed E-state index contributed by atoms with van der Waals surface area (Å²) in [6.45, 7) is 12.4. The topological polar surface area (TPSA) is 95.5 Å². The van der Waals surface area contributed by atoms with E-state index in [1.165, 1.54) is 6.08 Å². The molecule has 4 aliphatic rings. The number of allylic oxidation sites excluding steroid dienone is 4. The number of carbonyl (C=O) groups excluding carboxylic acids is 2. The molecule has 1 fully saturated rings. The average molecular weight is 512 g/mol. The number of ether oxygens (including phenoxy) is 2. The van der Waals surface area contributed by atoms with Gasteiger partial charge >= 0.3 is 6.09 Å². The summed E-state index contributed by atoms with van der Waals surface area (Å²) in [6, 6.07) is 3.30. The zero-order chi connectivity index (χ0) is 26.7. The number of nitrogens with one attached hydrogen (secondary N) is 2. The number of amides is 2. The SMILES string of the molecule is CC1C=CC=C(F)C1c1cc2c(cc1NC1(C)CN(C(=O)OC(C)(C)C)C1)N1C(=NNC(=O)C1C)CO2. The fraction of sp³-hybridized carbons (Fsp3) is 0.519. The van der Waals surface area contributed by atoms with Crippen molar-refractivity contribution in [1.29, 1.82) is 0 Å². The molecule has 0 saturated carbocycles. The molecule has 1 aromatic rings. The Kier molecular flexibility index (Phi) is 5.96. The largest absolute Gasteiger partial charge is 0.483 e. The minimum atomic E-state index is -0.576. The number of anilines is 2. The fourth-order valence-corrected chi connectivity index (χ4v) is 5.33. The Bertz CT molecular complexity index is 1230. The monoisotopic (exact) mass is 511 g/mol. The molecule has 198 valence electrons. The lowest BCUT2D eigenvalue weighted by Gasteiger charge is -2.49. The van der Waals surface area contributed by atoms with E-state index in [1.807, 2.05) is 64.7 Å². The normalized spacial score (nSPS) is 26.0. The number of amidine groups is 1. The van der Waals surface area contributed by atoms with Gasteiger partial charge in [0.15, 0.2) is 5.84 Å². The van der Waals surface area contributed by atoms with Crippen molar-refractivity contribution in [3.8, 4) is 5.75 Å². The Labute approximate surface area is 216 Å². The van der Waals surface area contributed by atoms with Gasteiger partial charge in [-0.2, -0.15) is 5.10 Å². The van der Waals surface area contributed by atoms with Crippen LogP contribution in [0.5, 0.6) is 5.75 Å². The van der Waals surface area contributed by atoms with Gasteiger partial charge in [0.2, 0.25) is 0 Å². The zero-order valence-electron chi connectivity index (χ0n) is 22.1. The number of hydrogen-bond donors (Lipinski definition) is 2. The Morgan fingerprint density at radius 3 is 2.70 bits per heavy atom. The van der Waals surface area contributed by atoms with Crippen LogP contribution in [0.25, 0.3) is 0 Å². The third-order valence-electron chi connectivity index (χ3n) is 7.08. The zero-order valence-corrected chi connectivity index (χ0v) is 22.1. The first-order valence-electron chi connectivity index (χ1n) is 12.6.